The topological polar surface area (TPSA) is 74.7 Å². The van der Waals surface area contributed by atoms with Crippen LogP contribution < -0.4 is 10.6 Å². The molecule has 0 aromatic carbocycles. The molecule has 0 aliphatic rings. The van der Waals surface area contributed by atoms with E-state index in [9.17, 15) is 0 Å². The second-order valence-electron chi connectivity index (χ2n) is 3.87. The Morgan fingerprint density at radius 3 is 2.89 bits per heavy atom. The summed E-state index contributed by atoms with van der Waals surface area (Å²) < 4.78 is 0. The number of oxime groups is 1. The van der Waals surface area contributed by atoms with E-state index in [1.165, 1.54) is 5.56 Å². The maximum atomic E-state index is 8.55. The zero-order valence-electron chi connectivity index (χ0n) is 9.95. The number of hydrogen-bond donors (Lipinski definition) is 2. The van der Waals surface area contributed by atoms with Crippen LogP contribution in [0, 0.1) is 0 Å². The molecular weight excluding hydrogens is 248 g/mol. The van der Waals surface area contributed by atoms with Crippen LogP contribution in [0.4, 0.5) is 5.69 Å². The normalized spacial score (nSPS) is 11.5. The average Bonchev–Trinajstić information content (AvgIpc) is 2.91. The highest BCUT2D eigenvalue weighted by Crippen LogP contribution is 2.16. The molecule has 0 saturated carbocycles. The molecule has 5 nitrogen and oxygen atoms in total. The largest absolute Gasteiger partial charge is 0.409 e. The Morgan fingerprint density at radius 1 is 1.50 bits per heavy atom. The van der Waals surface area contributed by atoms with Gasteiger partial charge in [-0.05, 0) is 34.5 Å². The molecule has 0 spiro atoms. The van der Waals surface area contributed by atoms with Crippen molar-refractivity contribution in [1.82, 2.24) is 4.98 Å². The van der Waals surface area contributed by atoms with E-state index in [2.05, 4.69) is 31.9 Å². The van der Waals surface area contributed by atoms with Crippen molar-refractivity contribution in [3.05, 3.63) is 46.4 Å². The molecule has 0 bridgehead atoms. The molecule has 2 heterocycles. The van der Waals surface area contributed by atoms with E-state index in [1.807, 2.05) is 13.1 Å². The van der Waals surface area contributed by atoms with Crippen LogP contribution in [0.3, 0.4) is 0 Å². The van der Waals surface area contributed by atoms with Crippen LogP contribution in [0.1, 0.15) is 11.3 Å². The first-order chi connectivity index (χ1) is 8.70. The second kappa shape index (κ2) is 5.50. The van der Waals surface area contributed by atoms with E-state index in [4.69, 9.17) is 10.9 Å². The minimum atomic E-state index is 0.0158. The number of rotatable bonds is 4. The summed E-state index contributed by atoms with van der Waals surface area (Å²) in [5, 5.41) is 15.6. The van der Waals surface area contributed by atoms with Gasteiger partial charge in [-0.3, -0.25) is 4.98 Å². The molecule has 3 N–H and O–H groups in total. The molecular formula is C12H14N4OS. The molecule has 2 rings (SSSR count). The number of nitrogens with two attached hydrogens (primary N) is 1. The molecule has 2 aromatic rings. The molecule has 0 aliphatic heterocycles. The number of nitrogens with zero attached hydrogens (tertiary/aromatic N) is 3. The van der Waals surface area contributed by atoms with Crippen molar-refractivity contribution in [2.75, 3.05) is 11.9 Å². The van der Waals surface area contributed by atoms with Gasteiger partial charge in [0.25, 0.3) is 0 Å². The van der Waals surface area contributed by atoms with Gasteiger partial charge in [-0.1, -0.05) is 5.16 Å². The van der Waals surface area contributed by atoms with Gasteiger partial charge in [0.05, 0.1) is 11.9 Å². The minimum Gasteiger partial charge on any atom is -0.409 e. The number of aromatic nitrogens is 1. The molecule has 0 fully saturated rings. The lowest BCUT2D eigenvalue weighted by atomic mass is 10.2. The highest BCUT2D eigenvalue weighted by molar-refractivity contribution is 7.07. The molecule has 94 valence electrons. The second-order valence-corrected chi connectivity index (χ2v) is 4.65. The maximum absolute atomic E-state index is 8.55. The summed E-state index contributed by atoms with van der Waals surface area (Å²) in [6.45, 7) is 0.827. The standard InChI is InChI=1S/C12H14N4OS/c1-16(7-9-4-5-18-8-9)10-2-3-11(14-6-10)12(13)15-17/h2-6,8,17H,7H2,1H3,(H2,13,15). The van der Waals surface area contributed by atoms with Crippen molar-refractivity contribution in [3.63, 3.8) is 0 Å². The molecule has 0 saturated heterocycles. The van der Waals surface area contributed by atoms with Crippen LogP contribution in [0.2, 0.25) is 0 Å². The lowest BCUT2D eigenvalue weighted by Crippen LogP contribution is -2.18. The molecule has 0 radical (unpaired) electrons. The number of thiophene rings is 1. The lowest BCUT2D eigenvalue weighted by Gasteiger charge is -2.18. The Labute approximate surface area is 109 Å². The Hall–Kier alpha value is -2.08. The maximum Gasteiger partial charge on any atom is 0.188 e. The lowest BCUT2D eigenvalue weighted by molar-refractivity contribution is 0.318. The fourth-order valence-electron chi connectivity index (χ4n) is 1.56. The predicted molar refractivity (Wildman–Crippen MR) is 73.2 cm³/mol. The van der Waals surface area contributed by atoms with Crippen LogP contribution in [-0.2, 0) is 6.54 Å². The third-order valence-corrected chi connectivity index (χ3v) is 3.29. The zero-order valence-corrected chi connectivity index (χ0v) is 10.8. The Bertz CT molecular complexity index is 522. The molecule has 18 heavy (non-hydrogen) atoms. The first-order valence-electron chi connectivity index (χ1n) is 5.37. The van der Waals surface area contributed by atoms with Crippen molar-refractivity contribution in [3.8, 4) is 0 Å². The van der Waals surface area contributed by atoms with Crippen LogP contribution in [0.25, 0.3) is 0 Å². The quantitative estimate of drug-likeness (QED) is 0.382. The number of pyridine rings is 1. The monoisotopic (exact) mass is 262 g/mol. The highest BCUT2D eigenvalue weighted by atomic mass is 32.1. The summed E-state index contributed by atoms with van der Waals surface area (Å²) in [7, 11) is 2.00. The number of hydrogen-bond acceptors (Lipinski definition) is 5. The number of amidine groups is 1. The molecule has 0 atom stereocenters. The molecule has 2 aromatic heterocycles. The Morgan fingerprint density at radius 2 is 2.33 bits per heavy atom. The smallest absolute Gasteiger partial charge is 0.188 e. The first kappa shape index (κ1) is 12.4. The van der Waals surface area contributed by atoms with Gasteiger partial charge in [-0.25, -0.2) is 0 Å². The van der Waals surface area contributed by atoms with Gasteiger partial charge in [-0.2, -0.15) is 11.3 Å². The predicted octanol–water partition coefficient (Wildman–Crippen LogP) is 1.87. The average molecular weight is 262 g/mol. The molecule has 0 amide bonds. The van der Waals surface area contributed by atoms with Gasteiger partial charge in [0, 0.05) is 13.6 Å². The third kappa shape index (κ3) is 2.78. The number of anilines is 1. The van der Waals surface area contributed by atoms with Gasteiger partial charge in [0.2, 0.25) is 0 Å². The van der Waals surface area contributed by atoms with Crippen LogP contribution in [0.15, 0.2) is 40.3 Å². The van der Waals surface area contributed by atoms with E-state index < -0.39 is 0 Å². The van der Waals surface area contributed by atoms with Crippen molar-refractivity contribution in [2.45, 2.75) is 6.54 Å². The third-order valence-electron chi connectivity index (χ3n) is 2.56. The fraction of sp³-hybridized carbons (Fsp3) is 0.167. The molecule has 0 unspecified atom stereocenters. The van der Waals surface area contributed by atoms with Gasteiger partial charge < -0.3 is 15.8 Å². The summed E-state index contributed by atoms with van der Waals surface area (Å²) in [6, 6.07) is 5.72. The Kier molecular flexibility index (Phi) is 3.78. The van der Waals surface area contributed by atoms with Crippen LogP contribution >= 0.6 is 11.3 Å². The van der Waals surface area contributed by atoms with E-state index in [0.717, 1.165) is 12.2 Å². The van der Waals surface area contributed by atoms with E-state index in [0.29, 0.717) is 5.69 Å². The van der Waals surface area contributed by atoms with Gasteiger partial charge in [-0.15, -0.1) is 0 Å². The zero-order chi connectivity index (χ0) is 13.0. The van der Waals surface area contributed by atoms with Crippen molar-refractivity contribution in [2.24, 2.45) is 10.9 Å². The van der Waals surface area contributed by atoms with Crippen molar-refractivity contribution >= 4 is 22.9 Å². The molecule has 6 heteroatoms. The summed E-state index contributed by atoms with van der Waals surface area (Å²) in [6.07, 6.45) is 1.71. The van der Waals surface area contributed by atoms with Gasteiger partial charge >= 0.3 is 0 Å². The highest BCUT2D eigenvalue weighted by Gasteiger charge is 2.05. The van der Waals surface area contributed by atoms with Crippen LogP contribution in [0.5, 0.6) is 0 Å². The summed E-state index contributed by atoms with van der Waals surface area (Å²) in [4.78, 5) is 6.23. The Balaban J connectivity index is 2.09. The van der Waals surface area contributed by atoms with E-state index in [1.54, 1.807) is 23.6 Å². The van der Waals surface area contributed by atoms with E-state index >= 15 is 0 Å². The molecule has 0 aliphatic carbocycles. The van der Waals surface area contributed by atoms with Gasteiger partial charge in [0.15, 0.2) is 5.84 Å². The fourth-order valence-corrected chi connectivity index (χ4v) is 2.22. The van der Waals surface area contributed by atoms with Gasteiger partial charge in [0.1, 0.15) is 5.69 Å². The van der Waals surface area contributed by atoms with Crippen molar-refractivity contribution in [1.29, 1.82) is 0 Å². The van der Waals surface area contributed by atoms with E-state index in [-0.39, 0.29) is 5.84 Å². The summed E-state index contributed by atoms with van der Waals surface area (Å²) >= 11 is 1.68. The first-order valence-corrected chi connectivity index (χ1v) is 6.31. The minimum absolute atomic E-state index is 0.0158. The summed E-state index contributed by atoms with van der Waals surface area (Å²) in [5.74, 6) is 0.0158. The van der Waals surface area contributed by atoms with Crippen LogP contribution in [-0.4, -0.2) is 23.1 Å². The SMILES string of the molecule is CN(Cc1ccsc1)c1ccc(/C(N)=N/O)nc1. The summed E-state index contributed by atoms with van der Waals surface area (Å²) in [5.41, 5.74) is 8.17. The van der Waals surface area contributed by atoms with Crippen molar-refractivity contribution < 1.29 is 5.21 Å².